The summed E-state index contributed by atoms with van der Waals surface area (Å²) in [5.41, 5.74) is 2.03. The van der Waals surface area contributed by atoms with E-state index in [9.17, 15) is 14.7 Å². The summed E-state index contributed by atoms with van der Waals surface area (Å²) in [5, 5.41) is 11.5. The number of para-hydroxylation sites is 1. The number of aliphatic hydroxyl groups excluding tert-OH is 1. The standard InChI is InChI=1S/C32H36N2O5/c1-21(2)38-27-16-15-24(19-22(27)3)30(35)28-29(34(32(37)31(28)36)18-10-17-33(4)5)23-11-9-14-26(20-23)39-25-12-7-6-8-13-25/h6-9,11-16,19-21,29,35H,10,17-18H2,1-5H3/b30-28-. The average molecular weight is 529 g/mol. The zero-order valence-corrected chi connectivity index (χ0v) is 23.2. The van der Waals surface area contributed by atoms with Crippen LogP contribution in [0.5, 0.6) is 17.2 Å². The number of ether oxygens (including phenoxy) is 2. The monoisotopic (exact) mass is 528 g/mol. The Morgan fingerprint density at radius 2 is 1.69 bits per heavy atom. The van der Waals surface area contributed by atoms with Gasteiger partial charge in [0.15, 0.2) is 0 Å². The van der Waals surface area contributed by atoms with E-state index < -0.39 is 17.7 Å². The van der Waals surface area contributed by atoms with Crippen molar-refractivity contribution in [3.05, 3.63) is 95.1 Å². The van der Waals surface area contributed by atoms with Crippen LogP contribution in [-0.4, -0.2) is 59.9 Å². The van der Waals surface area contributed by atoms with Gasteiger partial charge in [-0.25, -0.2) is 0 Å². The van der Waals surface area contributed by atoms with Gasteiger partial charge in [0.05, 0.1) is 17.7 Å². The maximum atomic E-state index is 13.4. The van der Waals surface area contributed by atoms with Crippen molar-refractivity contribution in [2.75, 3.05) is 27.2 Å². The number of carbonyl (C=O) groups excluding carboxylic acids is 2. The van der Waals surface area contributed by atoms with Crippen LogP contribution in [0.2, 0.25) is 0 Å². The van der Waals surface area contributed by atoms with Crippen LogP contribution >= 0.6 is 0 Å². The molecule has 7 heteroatoms. The van der Waals surface area contributed by atoms with Crippen LogP contribution < -0.4 is 9.47 Å². The molecule has 0 aliphatic carbocycles. The molecule has 1 amide bonds. The summed E-state index contributed by atoms with van der Waals surface area (Å²) in [6, 6.07) is 21.2. The van der Waals surface area contributed by atoms with Crippen molar-refractivity contribution in [3.63, 3.8) is 0 Å². The van der Waals surface area contributed by atoms with Gasteiger partial charge in [-0.1, -0.05) is 30.3 Å². The van der Waals surface area contributed by atoms with E-state index in [4.69, 9.17) is 9.47 Å². The Morgan fingerprint density at radius 1 is 0.974 bits per heavy atom. The van der Waals surface area contributed by atoms with Gasteiger partial charge in [0.1, 0.15) is 23.0 Å². The molecule has 3 aromatic rings. The third-order valence-electron chi connectivity index (χ3n) is 6.51. The van der Waals surface area contributed by atoms with Crippen molar-refractivity contribution in [1.29, 1.82) is 0 Å². The van der Waals surface area contributed by atoms with Crippen LogP contribution in [0.1, 0.15) is 43.0 Å². The van der Waals surface area contributed by atoms with E-state index in [1.807, 2.05) is 94.4 Å². The maximum Gasteiger partial charge on any atom is 0.295 e. The summed E-state index contributed by atoms with van der Waals surface area (Å²) >= 11 is 0. The van der Waals surface area contributed by atoms with Gasteiger partial charge >= 0.3 is 0 Å². The summed E-state index contributed by atoms with van der Waals surface area (Å²) in [4.78, 5) is 30.3. The maximum absolute atomic E-state index is 13.4. The van der Waals surface area contributed by atoms with E-state index in [2.05, 4.69) is 0 Å². The lowest BCUT2D eigenvalue weighted by Crippen LogP contribution is -2.32. The fourth-order valence-electron chi connectivity index (χ4n) is 4.73. The van der Waals surface area contributed by atoms with Gasteiger partial charge < -0.3 is 24.4 Å². The van der Waals surface area contributed by atoms with Gasteiger partial charge in [-0.05, 0) is 101 Å². The smallest absolute Gasteiger partial charge is 0.295 e. The number of likely N-dealkylation sites (tertiary alicyclic amines) is 1. The zero-order valence-electron chi connectivity index (χ0n) is 23.2. The predicted octanol–water partition coefficient (Wildman–Crippen LogP) is 5.95. The van der Waals surface area contributed by atoms with Crippen molar-refractivity contribution in [3.8, 4) is 17.2 Å². The topological polar surface area (TPSA) is 79.3 Å². The Hall–Kier alpha value is -4.10. The number of Topliss-reactive ketones (excluding diaryl/α,β-unsaturated/α-hetero) is 1. The number of hydrogen-bond donors (Lipinski definition) is 1. The summed E-state index contributed by atoms with van der Waals surface area (Å²) < 4.78 is 11.9. The molecule has 0 saturated carbocycles. The molecular weight excluding hydrogens is 492 g/mol. The molecule has 1 saturated heterocycles. The molecule has 39 heavy (non-hydrogen) atoms. The Bertz CT molecular complexity index is 1360. The highest BCUT2D eigenvalue weighted by Crippen LogP contribution is 2.41. The minimum Gasteiger partial charge on any atom is -0.507 e. The minimum absolute atomic E-state index is 0.000943. The van der Waals surface area contributed by atoms with Gasteiger partial charge in [-0.15, -0.1) is 0 Å². The summed E-state index contributed by atoms with van der Waals surface area (Å²) in [5.74, 6) is 0.426. The van der Waals surface area contributed by atoms with Crippen LogP contribution in [0, 0.1) is 6.92 Å². The summed E-state index contributed by atoms with van der Waals surface area (Å²) in [6.07, 6.45) is 0.679. The molecule has 1 heterocycles. The molecule has 1 aliphatic heterocycles. The lowest BCUT2D eigenvalue weighted by molar-refractivity contribution is -0.139. The van der Waals surface area contributed by atoms with Crippen LogP contribution in [0.3, 0.4) is 0 Å². The van der Waals surface area contributed by atoms with E-state index in [1.54, 1.807) is 23.1 Å². The van der Waals surface area contributed by atoms with Crippen molar-refractivity contribution < 1.29 is 24.2 Å². The van der Waals surface area contributed by atoms with Crippen LogP contribution in [0.25, 0.3) is 5.76 Å². The third kappa shape index (κ3) is 6.49. The number of amides is 1. The predicted molar refractivity (Wildman–Crippen MR) is 152 cm³/mol. The molecular formula is C32H36N2O5. The van der Waals surface area contributed by atoms with Crippen LogP contribution in [0.15, 0.2) is 78.4 Å². The molecule has 0 radical (unpaired) electrons. The molecule has 1 fully saturated rings. The molecule has 204 valence electrons. The number of benzene rings is 3. The normalized spacial score (nSPS) is 16.8. The number of ketones is 1. The molecule has 0 aromatic heterocycles. The van der Waals surface area contributed by atoms with E-state index in [1.165, 1.54) is 0 Å². The van der Waals surface area contributed by atoms with E-state index in [-0.39, 0.29) is 17.4 Å². The van der Waals surface area contributed by atoms with Crippen molar-refractivity contribution in [1.82, 2.24) is 9.80 Å². The quantitative estimate of drug-likeness (QED) is 0.199. The lowest BCUT2D eigenvalue weighted by Gasteiger charge is -2.26. The Morgan fingerprint density at radius 3 is 2.36 bits per heavy atom. The van der Waals surface area contributed by atoms with Gasteiger partial charge in [-0.2, -0.15) is 0 Å². The van der Waals surface area contributed by atoms with Gasteiger partial charge in [0.2, 0.25) is 0 Å². The average Bonchev–Trinajstić information content (AvgIpc) is 3.15. The van der Waals surface area contributed by atoms with Crippen molar-refractivity contribution in [2.45, 2.75) is 39.3 Å². The van der Waals surface area contributed by atoms with Crippen molar-refractivity contribution >= 4 is 17.4 Å². The Kier molecular flexibility index (Phi) is 8.72. The first-order chi connectivity index (χ1) is 18.7. The molecule has 1 N–H and O–H groups in total. The fourth-order valence-corrected chi connectivity index (χ4v) is 4.73. The highest BCUT2D eigenvalue weighted by Gasteiger charge is 2.46. The lowest BCUT2D eigenvalue weighted by atomic mass is 9.94. The molecule has 1 aliphatic rings. The zero-order chi connectivity index (χ0) is 28.1. The minimum atomic E-state index is -0.751. The second-order valence-corrected chi connectivity index (χ2v) is 10.3. The van der Waals surface area contributed by atoms with Crippen LogP contribution in [-0.2, 0) is 9.59 Å². The second-order valence-electron chi connectivity index (χ2n) is 10.3. The first kappa shape index (κ1) is 27.9. The largest absolute Gasteiger partial charge is 0.507 e. The van der Waals surface area contributed by atoms with E-state index in [0.29, 0.717) is 41.3 Å². The van der Waals surface area contributed by atoms with Crippen LogP contribution in [0.4, 0.5) is 0 Å². The van der Waals surface area contributed by atoms with Crippen molar-refractivity contribution in [2.24, 2.45) is 0 Å². The van der Waals surface area contributed by atoms with Gasteiger partial charge in [-0.3, -0.25) is 9.59 Å². The SMILES string of the molecule is Cc1cc(/C(O)=C2/C(=O)C(=O)N(CCCN(C)C)C2c2cccc(Oc3ccccc3)c2)ccc1OC(C)C. The first-order valence-electron chi connectivity index (χ1n) is 13.2. The summed E-state index contributed by atoms with van der Waals surface area (Å²) in [6.45, 7) is 6.90. The number of aliphatic hydroxyl groups is 1. The van der Waals surface area contributed by atoms with Gasteiger partial charge in [0.25, 0.3) is 11.7 Å². The Balaban J connectivity index is 1.77. The van der Waals surface area contributed by atoms with Gasteiger partial charge in [0, 0.05) is 12.1 Å². The number of hydrogen-bond acceptors (Lipinski definition) is 6. The molecule has 1 atom stereocenters. The first-order valence-corrected chi connectivity index (χ1v) is 13.2. The molecule has 0 bridgehead atoms. The second kappa shape index (κ2) is 12.2. The van der Waals surface area contributed by atoms with E-state index in [0.717, 1.165) is 12.1 Å². The fraction of sp³-hybridized carbons (Fsp3) is 0.312. The Labute approximate surface area is 230 Å². The molecule has 4 rings (SSSR count). The number of carbonyl (C=O) groups is 2. The number of nitrogens with zero attached hydrogens (tertiary/aromatic N) is 2. The molecule has 3 aromatic carbocycles. The number of aryl methyl sites for hydroxylation is 1. The molecule has 1 unspecified atom stereocenters. The van der Waals surface area contributed by atoms with E-state index >= 15 is 0 Å². The number of rotatable bonds is 10. The third-order valence-corrected chi connectivity index (χ3v) is 6.51. The summed E-state index contributed by atoms with van der Waals surface area (Å²) in [7, 11) is 3.93. The molecule has 0 spiro atoms. The molecule has 7 nitrogen and oxygen atoms in total. The highest BCUT2D eigenvalue weighted by atomic mass is 16.5. The highest BCUT2D eigenvalue weighted by molar-refractivity contribution is 6.46.